The van der Waals surface area contributed by atoms with Gasteiger partial charge in [-0.25, -0.2) is 4.39 Å². The predicted octanol–water partition coefficient (Wildman–Crippen LogP) is -2.25. The Labute approximate surface area is 187 Å². The number of aliphatic carboxylic acids is 1. The molecule has 1 N–H and O–H groups in total. The molecule has 0 radical (unpaired) electrons. The van der Waals surface area contributed by atoms with E-state index in [1.54, 1.807) is 4.90 Å². The fourth-order valence-electron chi connectivity index (χ4n) is 3.63. The van der Waals surface area contributed by atoms with Gasteiger partial charge in [0, 0.05) is 31.7 Å². The molecule has 2 unspecified atom stereocenters. The average molecular weight is 382 g/mol. The molecule has 2 aliphatic heterocycles. The maximum atomic E-state index is 13.7. The molecule has 1 aromatic carbocycles. The van der Waals surface area contributed by atoms with Crippen LogP contribution in [0, 0.1) is 11.2 Å². The summed E-state index contributed by atoms with van der Waals surface area (Å²) in [7, 11) is 0. The minimum Gasteiger partial charge on any atom is -0.548 e. The molecule has 1 spiro atoms. The third kappa shape index (κ3) is 4.05. The topological polar surface area (TPSA) is 72.8 Å². The molecule has 0 saturated carbocycles. The normalized spacial score (nSPS) is 24.5. The van der Waals surface area contributed by atoms with Crippen LogP contribution in [-0.2, 0) is 9.53 Å². The zero-order valence-corrected chi connectivity index (χ0v) is 17.4. The molecule has 126 valence electrons. The third-order valence-corrected chi connectivity index (χ3v) is 5.28. The zero-order valence-electron chi connectivity index (χ0n) is 13.5. The summed E-state index contributed by atoms with van der Waals surface area (Å²) in [6.07, 6.45) is 0.726. The van der Waals surface area contributed by atoms with Crippen LogP contribution in [-0.4, -0.2) is 48.4 Å². The standard InChI is InChI=1S/C16H19ClFNO4.K/c17-11-2-1-10(7-12(11)18)14(15(21)22)19-8-13(20)16(9-19)3-5-23-6-4-16;/h1-2,7,13-14,20H,3-6,8-9H2,(H,21,22);/q;+1/p-1. The summed E-state index contributed by atoms with van der Waals surface area (Å²) < 4.78 is 19.0. The molecule has 0 amide bonds. The van der Waals surface area contributed by atoms with E-state index in [9.17, 15) is 19.4 Å². The van der Waals surface area contributed by atoms with Gasteiger partial charge in [-0.15, -0.1) is 0 Å². The first-order valence-electron chi connectivity index (χ1n) is 7.59. The SMILES string of the molecule is O=C([O-])C(c1ccc(Cl)c(F)c1)N1CC(O)C2(CCOCC2)C1.[K+]. The number of carboxylic acids is 1. The summed E-state index contributed by atoms with van der Waals surface area (Å²) in [4.78, 5) is 13.3. The van der Waals surface area contributed by atoms with E-state index >= 15 is 0 Å². The first-order valence-corrected chi connectivity index (χ1v) is 7.96. The number of hydrogen-bond acceptors (Lipinski definition) is 5. The molecule has 2 aliphatic rings. The van der Waals surface area contributed by atoms with Gasteiger partial charge < -0.3 is 19.7 Å². The van der Waals surface area contributed by atoms with Gasteiger partial charge in [0.1, 0.15) is 5.82 Å². The molecule has 0 bridgehead atoms. The average Bonchev–Trinajstić information content (AvgIpc) is 2.80. The van der Waals surface area contributed by atoms with Crippen LogP contribution in [0.15, 0.2) is 18.2 Å². The number of rotatable bonds is 3. The van der Waals surface area contributed by atoms with E-state index in [4.69, 9.17) is 16.3 Å². The Morgan fingerprint density at radius 1 is 1.46 bits per heavy atom. The molecule has 2 fully saturated rings. The summed E-state index contributed by atoms with van der Waals surface area (Å²) in [6, 6.07) is 2.81. The molecular formula is C16H18ClFKNO4. The van der Waals surface area contributed by atoms with Gasteiger partial charge in [0.2, 0.25) is 0 Å². The van der Waals surface area contributed by atoms with Crippen LogP contribution in [0.2, 0.25) is 5.02 Å². The molecule has 5 nitrogen and oxygen atoms in total. The van der Waals surface area contributed by atoms with Crippen LogP contribution in [0.4, 0.5) is 4.39 Å². The van der Waals surface area contributed by atoms with Crippen LogP contribution in [0.3, 0.4) is 0 Å². The van der Waals surface area contributed by atoms with Crippen molar-refractivity contribution in [2.45, 2.75) is 25.0 Å². The van der Waals surface area contributed by atoms with Crippen LogP contribution in [0.1, 0.15) is 24.4 Å². The summed E-state index contributed by atoms with van der Waals surface area (Å²) in [5.41, 5.74) is -0.0973. The number of aliphatic hydroxyl groups excluding tert-OH is 1. The first kappa shape index (κ1) is 20.7. The number of β-amino-alcohol motifs (C(OH)–C–C–N with tert-alkyl or cyclic N) is 1. The van der Waals surface area contributed by atoms with E-state index < -0.39 is 23.9 Å². The fourth-order valence-corrected chi connectivity index (χ4v) is 3.75. The van der Waals surface area contributed by atoms with Gasteiger partial charge in [0.25, 0.3) is 0 Å². The summed E-state index contributed by atoms with van der Waals surface area (Å²) in [5.74, 6) is -1.99. The van der Waals surface area contributed by atoms with Gasteiger partial charge in [0.05, 0.1) is 23.1 Å². The van der Waals surface area contributed by atoms with Crippen molar-refractivity contribution in [2.24, 2.45) is 5.41 Å². The first-order chi connectivity index (χ1) is 10.9. The molecule has 0 aromatic heterocycles. The molecule has 2 atom stereocenters. The molecular weight excluding hydrogens is 364 g/mol. The largest absolute Gasteiger partial charge is 1.00 e. The Kier molecular flexibility index (Phi) is 7.27. The van der Waals surface area contributed by atoms with Gasteiger partial charge in [0.15, 0.2) is 0 Å². The Morgan fingerprint density at radius 2 is 2.12 bits per heavy atom. The predicted molar refractivity (Wildman–Crippen MR) is 79.2 cm³/mol. The van der Waals surface area contributed by atoms with E-state index in [2.05, 4.69) is 0 Å². The van der Waals surface area contributed by atoms with Crippen molar-refractivity contribution >= 4 is 17.6 Å². The van der Waals surface area contributed by atoms with Crippen molar-refractivity contribution in [1.82, 2.24) is 4.90 Å². The van der Waals surface area contributed by atoms with Crippen molar-refractivity contribution in [2.75, 3.05) is 26.3 Å². The number of halogens is 2. The van der Waals surface area contributed by atoms with Gasteiger partial charge in [-0.2, -0.15) is 0 Å². The van der Waals surface area contributed by atoms with Crippen molar-refractivity contribution in [3.63, 3.8) is 0 Å². The molecule has 24 heavy (non-hydrogen) atoms. The van der Waals surface area contributed by atoms with Gasteiger partial charge in [-0.3, -0.25) is 4.90 Å². The van der Waals surface area contributed by atoms with Crippen LogP contribution >= 0.6 is 11.6 Å². The number of benzene rings is 1. The number of nitrogens with zero attached hydrogens (tertiary/aromatic N) is 1. The maximum Gasteiger partial charge on any atom is 1.00 e. The van der Waals surface area contributed by atoms with Gasteiger partial charge in [-0.1, -0.05) is 17.7 Å². The summed E-state index contributed by atoms with van der Waals surface area (Å²) in [6.45, 7) is 1.73. The van der Waals surface area contributed by atoms with Crippen molar-refractivity contribution in [3.05, 3.63) is 34.6 Å². The number of likely N-dealkylation sites (tertiary alicyclic amines) is 1. The Morgan fingerprint density at radius 3 is 2.71 bits per heavy atom. The number of carbonyl (C=O) groups is 1. The monoisotopic (exact) mass is 381 g/mol. The van der Waals surface area contributed by atoms with Crippen molar-refractivity contribution < 1.29 is 75.5 Å². The number of aliphatic hydroxyl groups is 1. The number of hydrogen-bond donors (Lipinski definition) is 1. The molecule has 3 rings (SSSR count). The van der Waals surface area contributed by atoms with Crippen LogP contribution in [0.5, 0.6) is 0 Å². The second-order valence-electron chi connectivity index (χ2n) is 6.32. The maximum absolute atomic E-state index is 13.7. The van der Waals surface area contributed by atoms with E-state index in [1.165, 1.54) is 12.1 Å². The second-order valence-corrected chi connectivity index (χ2v) is 6.72. The quantitative estimate of drug-likeness (QED) is 0.599. The van der Waals surface area contributed by atoms with E-state index in [0.717, 1.165) is 6.07 Å². The Bertz CT molecular complexity index is 612. The second kappa shape index (κ2) is 8.41. The van der Waals surface area contributed by atoms with Gasteiger partial charge in [-0.05, 0) is 30.5 Å². The minimum atomic E-state index is -1.32. The molecule has 1 aromatic rings. The number of ether oxygens (including phenoxy) is 1. The number of carboxylic acid groups (broad SMARTS) is 1. The molecule has 8 heteroatoms. The van der Waals surface area contributed by atoms with E-state index in [-0.39, 0.29) is 73.9 Å². The Hall–Kier alpha value is 0.426. The fraction of sp³-hybridized carbons (Fsp3) is 0.562. The van der Waals surface area contributed by atoms with E-state index in [1.807, 2.05) is 0 Å². The molecule has 2 heterocycles. The van der Waals surface area contributed by atoms with Crippen molar-refractivity contribution in [3.8, 4) is 0 Å². The smallest absolute Gasteiger partial charge is 0.548 e. The third-order valence-electron chi connectivity index (χ3n) is 4.97. The molecule has 2 saturated heterocycles. The Balaban J connectivity index is 0.00000208. The summed E-state index contributed by atoms with van der Waals surface area (Å²) >= 11 is 5.66. The summed E-state index contributed by atoms with van der Waals surface area (Å²) in [5, 5.41) is 22.0. The minimum absolute atomic E-state index is 0. The van der Waals surface area contributed by atoms with E-state index in [0.29, 0.717) is 32.6 Å². The van der Waals surface area contributed by atoms with Crippen molar-refractivity contribution in [1.29, 1.82) is 0 Å². The zero-order chi connectivity index (χ0) is 16.6. The van der Waals surface area contributed by atoms with Crippen LogP contribution in [0.25, 0.3) is 0 Å². The van der Waals surface area contributed by atoms with Crippen LogP contribution < -0.4 is 56.5 Å². The number of carbonyl (C=O) groups excluding carboxylic acids is 1. The van der Waals surface area contributed by atoms with Gasteiger partial charge >= 0.3 is 51.4 Å². The molecule has 0 aliphatic carbocycles.